The number of nitrogens with zero attached hydrogens (tertiary/aromatic N) is 2. The van der Waals surface area contributed by atoms with E-state index in [0.717, 1.165) is 48.1 Å². The van der Waals surface area contributed by atoms with Crippen molar-refractivity contribution in [3.05, 3.63) is 88.5 Å². The molecule has 1 saturated heterocycles. The fourth-order valence-electron chi connectivity index (χ4n) is 4.41. The SMILES string of the molecule is O=C(NC(C(=O)N1CCCC1)C(c1ccccc1)c1cscn1)c1cc2ccccc2[nH]1. The smallest absolute Gasteiger partial charge is 0.268 e. The Balaban J connectivity index is 1.53. The first-order chi connectivity index (χ1) is 15.7. The van der Waals surface area contributed by atoms with E-state index in [1.54, 1.807) is 5.51 Å². The van der Waals surface area contributed by atoms with Crippen LogP contribution < -0.4 is 5.32 Å². The Morgan fingerprint density at radius 2 is 1.78 bits per heavy atom. The van der Waals surface area contributed by atoms with Gasteiger partial charge in [0.1, 0.15) is 11.7 Å². The van der Waals surface area contributed by atoms with Crippen LogP contribution in [-0.4, -0.2) is 45.8 Å². The third-order valence-electron chi connectivity index (χ3n) is 6.01. The molecule has 6 nitrogen and oxygen atoms in total. The first kappa shape index (κ1) is 20.5. The van der Waals surface area contributed by atoms with Crippen LogP contribution in [0.15, 0.2) is 71.6 Å². The van der Waals surface area contributed by atoms with Gasteiger partial charge >= 0.3 is 0 Å². The summed E-state index contributed by atoms with van der Waals surface area (Å²) in [7, 11) is 0. The number of para-hydroxylation sites is 1. The molecule has 2 aromatic heterocycles. The predicted molar refractivity (Wildman–Crippen MR) is 126 cm³/mol. The zero-order valence-electron chi connectivity index (χ0n) is 17.5. The summed E-state index contributed by atoms with van der Waals surface area (Å²) in [4.78, 5) is 36.5. The van der Waals surface area contributed by atoms with Gasteiger partial charge in [-0.3, -0.25) is 9.59 Å². The van der Waals surface area contributed by atoms with Gasteiger partial charge in [-0.05, 0) is 30.5 Å². The number of thiazole rings is 1. The maximum absolute atomic E-state index is 13.7. The number of carbonyl (C=O) groups is 2. The molecule has 2 aromatic carbocycles. The highest BCUT2D eigenvalue weighted by Crippen LogP contribution is 2.30. The summed E-state index contributed by atoms with van der Waals surface area (Å²) in [5.41, 5.74) is 4.83. The van der Waals surface area contributed by atoms with Gasteiger partial charge in [0.05, 0.1) is 17.1 Å². The second-order valence-electron chi connectivity index (χ2n) is 8.06. The number of benzene rings is 2. The van der Waals surface area contributed by atoms with Gasteiger partial charge in [-0.1, -0.05) is 48.5 Å². The minimum Gasteiger partial charge on any atom is -0.351 e. The number of hydrogen-bond donors (Lipinski definition) is 2. The van der Waals surface area contributed by atoms with Crippen molar-refractivity contribution in [3.8, 4) is 0 Å². The molecule has 1 aliphatic rings. The first-order valence-corrected chi connectivity index (χ1v) is 11.8. The maximum Gasteiger partial charge on any atom is 0.268 e. The van der Waals surface area contributed by atoms with Crippen molar-refractivity contribution in [1.82, 2.24) is 20.2 Å². The summed E-state index contributed by atoms with van der Waals surface area (Å²) in [5, 5.41) is 5.97. The molecule has 4 aromatic rings. The second-order valence-corrected chi connectivity index (χ2v) is 8.77. The van der Waals surface area contributed by atoms with E-state index in [-0.39, 0.29) is 17.7 Å². The number of carbonyl (C=O) groups excluding carboxylic acids is 2. The quantitative estimate of drug-likeness (QED) is 0.468. The third-order valence-corrected chi connectivity index (χ3v) is 6.61. The van der Waals surface area contributed by atoms with Crippen LogP contribution in [0.3, 0.4) is 0 Å². The lowest BCUT2D eigenvalue weighted by atomic mass is 9.88. The highest BCUT2D eigenvalue weighted by atomic mass is 32.1. The van der Waals surface area contributed by atoms with Gasteiger partial charge in [-0.25, -0.2) is 4.98 Å². The van der Waals surface area contributed by atoms with Crippen LogP contribution in [0.4, 0.5) is 0 Å². The molecule has 0 spiro atoms. The van der Waals surface area contributed by atoms with Crippen LogP contribution in [0, 0.1) is 0 Å². The van der Waals surface area contributed by atoms with Gasteiger partial charge in [0.25, 0.3) is 5.91 Å². The molecule has 1 aliphatic heterocycles. The summed E-state index contributed by atoms with van der Waals surface area (Å²) in [5.74, 6) is -0.729. The molecule has 2 N–H and O–H groups in total. The minimum absolute atomic E-state index is 0.0613. The molecule has 2 amide bonds. The van der Waals surface area contributed by atoms with E-state index in [4.69, 9.17) is 0 Å². The van der Waals surface area contributed by atoms with Crippen molar-refractivity contribution in [3.63, 3.8) is 0 Å². The van der Waals surface area contributed by atoms with Crippen LogP contribution in [0.1, 0.15) is 40.5 Å². The Morgan fingerprint density at radius 1 is 1.03 bits per heavy atom. The Hall–Kier alpha value is -3.45. The number of hydrogen-bond acceptors (Lipinski definition) is 4. The van der Waals surface area contributed by atoms with Gasteiger partial charge in [0, 0.05) is 29.4 Å². The molecule has 3 heterocycles. The predicted octanol–water partition coefficient (Wildman–Crippen LogP) is 4.18. The normalized spacial score (nSPS) is 15.6. The standard InChI is InChI=1S/C25H24N4O2S/c30-24(20-14-18-10-4-5-11-19(18)27-20)28-23(25(31)29-12-6-7-13-29)22(21-15-32-16-26-21)17-8-2-1-3-9-17/h1-5,8-11,14-16,22-23,27H,6-7,12-13H2,(H,28,30). The fourth-order valence-corrected chi connectivity index (χ4v) is 5.00. The largest absolute Gasteiger partial charge is 0.351 e. The number of aromatic amines is 1. The maximum atomic E-state index is 13.7. The van der Waals surface area contributed by atoms with Crippen molar-refractivity contribution in [2.45, 2.75) is 24.8 Å². The molecule has 0 aliphatic carbocycles. The van der Waals surface area contributed by atoms with E-state index in [9.17, 15) is 9.59 Å². The van der Waals surface area contributed by atoms with E-state index in [0.29, 0.717) is 5.69 Å². The van der Waals surface area contributed by atoms with Crippen LogP contribution in [0.5, 0.6) is 0 Å². The Morgan fingerprint density at radius 3 is 2.50 bits per heavy atom. The summed E-state index contributed by atoms with van der Waals surface area (Å²) in [6, 6.07) is 18.6. The van der Waals surface area contributed by atoms with E-state index < -0.39 is 6.04 Å². The molecule has 0 bridgehead atoms. The van der Waals surface area contributed by atoms with Gasteiger partial charge < -0.3 is 15.2 Å². The molecule has 162 valence electrons. The van der Waals surface area contributed by atoms with E-state index in [1.807, 2.05) is 70.9 Å². The Labute approximate surface area is 190 Å². The van der Waals surface area contributed by atoms with E-state index in [2.05, 4.69) is 15.3 Å². The lowest BCUT2D eigenvalue weighted by molar-refractivity contribution is -0.132. The molecule has 0 saturated carbocycles. The number of fused-ring (bicyclic) bond motifs is 1. The molecule has 32 heavy (non-hydrogen) atoms. The molecule has 7 heteroatoms. The number of rotatable bonds is 6. The molecular weight excluding hydrogens is 420 g/mol. The molecule has 5 rings (SSSR count). The van der Waals surface area contributed by atoms with Crippen molar-refractivity contribution in [2.24, 2.45) is 0 Å². The van der Waals surface area contributed by atoms with Crippen molar-refractivity contribution < 1.29 is 9.59 Å². The zero-order valence-corrected chi connectivity index (χ0v) is 18.3. The van der Waals surface area contributed by atoms with Gasteiger partial charge in [0.2, 0.25) is 5.91 Å². The van der Waals surface area contributed by atoms with Crippen LogP contribution >= 0.6 is 11.3 Å². The van der Waals surface area contributed by atoms with Crippen molar-refractivity contribution in [2.75, 3.05) is 13.1 Å². The van der Waals surface area contributed by atoms with Gasteiger partial charge in [0.15, 0.2) is 0 Å². The van der Waals surface area contributed by atoms with Crippen molar-refractivity contribution >= 4 is 34.1 Å². The second kappa shape index (κ2) is 8.96. The zero-order chi connectivity index (χ0) is 21.9. The highest BCUT2D eigenvalue weighted by molar-refractivity contribution is 7.07. The molecular formula is C25H24N4O2S. The first-order valence-electron chi connectivity index (χ1n) is 10.8. The lowest BCUT2D eigenvalue weighted by Gasteiger charge is -2.30. The molecule has 0 radical (unpaired) electrons. The molecule has 1 fully saturated rings. The van der Waals surface area contributed by atoms with E-state index in [1.165, 1.54) is 11.3 Å². The highest BCUT2D eigenvalue weighted by Gasteiger charge is 2.37. The summed E-state index contributed by atoms with van der Waals surface area (Å²) in [6.45, 7) is 1.44. The third kappa shape index (κ3) is 4.03. The average Bonchev–Trinajstić information content (AvgIpc) is 3.60. The number of likely N-dealkylation sites (tertiary alicyclic amines) is 1. The molecule has 2 unspecified atom stereocenters. The lowest BCUT2D eigenvalue weighted by Crippen LogP contribution is -2.51. The number of H-pyrrole nitrogens is 1. The topological polar surface area (TPSA) is 78.1 Å². The van der Waals surface area contributed by atoms with E-state index >= 15 is 0 Å². The van der Waals surface area contributed by atoms with Crippen LogP contribution in [0.25, 0.3) is 10.9 Å². The summed E-state index contributed by atoms with van der Waals surface area (Å²) < 4.78 is 0. The summed E-state index contributed by atoms with van der Waals surface area (Å²) in [6.07, 6.45) is 1.97. The summed E-state index contributed by atoms with van der Waals surface area (Å²) >= 11 is 1.49. The van der Waals surface area contributed by atoms with Crippen LogP contribution in [0.2, 0.25) is 0 Å². The van der Waals surface area contributed by atoms with Crippen molar-refractivity contribution in [1.29, 1.82) is 0 Å². The number of amides is 2. The monoisotopic (exact) mass is 444 g/mol. The number of nitrogens with one attached hydrogen (secondary N) is 2. The van der Waals surface area contributed by atoms with Crippen LogP contribution in [-0.2, 0) is 4.79 Å². The minimum atomic E-state index is -0.753. The van der Waals surface area contributed by atoms with Gasteiger partial charge in [-0.2, -0.15) is 0 Å². The van der Waals surface area contributed by atoms with Gasteiger partial charge in [-0.15, -0.1) is 11.3 Å². The average molecular weight is 445 g/mol. The fraction of sp³-hybridized carbons (Fsp3) is 0.240. The Bertz CT molecular complexity index is 1180. The molecule has 2 atom stereocenters. The Kier molecular flexibility index (Phi) is 5.73. The number of aromatic nitrogens is 2.